The molecule has 1 aromatic carbocycles. The standard InChI is InChI=1S/C11H9Br2F2NO/c12-4-6-3-9(17)16(5-6)8-2-1-7(14)11(15)10(8)13/h1-2,6H,3-5H2. The molecule has 0 aliphatic carbocycles. The van der Waals surface area contributed by atoms with Gasteiger partial charge in [0.1, 0.15) is 0 Å². The summed E-state index contributed by atoms with van der Waals surface area (Å²) in [4.78, 5) is 13.2. The quantitative estimate of drug-likeness (QED) is 0.578. The van der Waals surface area contributed by atoms with Crippen LogP contribution in [0, 0.1) is 17.6 Å². The van der Waals surface area contributed by atoms with Gasteiger partial charge in [0.15, 0.2) is 11.6 Å². The molecule has 0 N–H and O–H groups in total. The average Bonchev–Trinajstić information content (AvgIpc) is 2.68. The van der Waals surface area contributed by atoms with E-state index in [9.17, 15) is 13.6 Å². The summed E-state index contributed by atoms with van der Waals surface area (Å²) < 4.78 is 26.4. The van der Waals surface area contributed by atoms with Gasteiger partial charge in [0.25, 0.3) is 0 Å². The summed E-state index contributed by atoms with van der Waals surface area (Å²) in [6, 6.07) is 2.45. The molecule has 1 amide bonds. The van der Waals surface area contributed by atoms with Crippen molar-refractivity contribution in [3.63, 3.8) is 0 Å². The molecule has 1 saturated heterocycles. The number of amides is 1. The Kier molecular flexibility index (Phi) is 3.82. The van der Waals surface area contributed by atoms with Gasteiger partial charge in [0.05, 0.1) is 10.2 Å². The Hall–Kier alpha value is -0.490. The molecule has 0 aromatic heterocycles. The van der Waals surface area contributed by atoms with Crippen LogP contribution >= 0.6 is 31.9 Å². The topological polar surface area (TPSA) is 20.3 Å². The second kappa shape index (κ2) is 5.02. The van der Waals surface area contributed by atoms with Crippen LogP contribution in [0.1, 0.15) is 6.42 Å². The van der Waals surface area contributed by atoms with Crippen LogP contribution in [-0.4, -0.2) is 17.8 Å². The number of rotatable bonds is 2. The third-order valence-corrected chi connectivity index (χ3v) is 4.40. The Labute approximate surface area is 114 Å². The lowest BCUT2D eigenvalue weighted by Crippen LogP contribution is -2.25. The van der Waals surface area contributed by atoms with Gasteiger partial charge in [-0.05, 0) is 34.0 Å². The number of halogens is 4. The normalized spacial score (nSPS) is 20.1. The number of hydrogen-bond donors (Lipinski definition) is 0. The highest BCUT2D eigenvalue weighted by atomic mass is 79.9. The average molecular weight is 369 g/mol. The van der Waals surface area contributed by atoms with Gasteiger partial charge in [-0.15, -0.1) is 0 Å². The lowest BCUT2D eigenvalue weighted by atomic mass is 10.2. The van der Waals surface area contributed by atoms with Gasteiger partial charge in [-0.25, -0.2) is 8.78 Å². The van der Waals surface area contributed by atoms with Crippen LogP contribution in [0.3, 0.4) is 0 Å². The molecule has 0 bridgehead atoms. The maximum absolute atomic E-state index is 13.4. The molecule has 1 aliphatic heterocycles. The van der Waals surface area contributed by atoms with E-state index in [4.69, 9.17) is 0 Å². The van der Waals surface area contributed by atoms with Crippen molar-refractivity contribution in [1.29, 1.82) is 0 Å². The second-order valence-corrected chi connectivity index (χ2v) is 5.36. The molecule has 1 aliphatic rings. The van der Waals surface area contributed by atoms with Crippen LogP contribution in [0.15, 0.2) is 16.6 Å². The summed E-state index contributed by atoms with van der Waals surface area (Å²) >= 11 is 6.31. The maximum atomic E-state index is 13.4. The first-order chi connectivity index (χ1) is 8.04. The first-order valence-electron chi connectivity index (χ1n) is 5.04. The Bertz CT molecular complexity index is 467. The number of alkyl halides is 1. The summed E-state index contributed by atoms with van der Waals surface area (Å²) in [7, 11) is 0. The molecule has 0 saturated carbocycles. The van der Waals surface area contributed by atoms with E-state index in [1.807, 2.05) is 0 Å². The molecular formula is C11H9Br2F2NO. The lowest BCUT2D eigenvalue weighted by Gasteiger charge is -2.18. The molecule has 92 valence electrons. The van der Waals surface area contributed by atoms with Crippen LogP contribution in [0.2, 0.25) is 0 Å². The van der Waals surface area contributed by atoms with Crippen LogP contribution in [0.25, 0.3) is 0 Å². The summed E-state index contributed by atoms with van der Waals surface area (Å²) in [6.07, 6.45) is 0.427. The second-order valence-electron chi connectivity index (χ2n) is 3.92. The van der Waals surface area contributed by atoms with Crippen molar-refractivity contribution in [1.82, 2.24) is 0 Å². The largest absolute Gasteiger partial charge is 0.311 e. The fourth-order valence-corrected chi connectivity index (χ4v) is 2.81. The summed E-state index contributed by atoms with van der Waals surface area (Å²) in [6.45, 7) is 0.522. The van der Waals surface area contributed by atoms with Gasteiger partial charge in [0.2, 0.25) is 5.91 Å². The fraction of sp³-hybridized carbons (Fsp3) is 0.364. The third kappa shape index (κ3) is 2.38. The Morgan fingerprint density at radius 2 is 2.12 bits per heavy atom. The minimum absolute atomic E-state index is 0.000993. The molecule has 1 heterocycles. The van der Waals surface area contributed by atoms with Crippen molar-refractivity contribution in [3.05, 3.63) is 28.2 Å². The van der Waals surface area contributed by atoms with Gasteiger partial charge in [-0.1, -0.05) is 15.9 Å². The highest BCUT2D eigenvalue weighted by molar-refractivity contribution is 9.10. The molecule has 1 fully saturated rings. The van der Waals surface area contributed by atoms with E-state index >= 15 is 0 Å². The molecule has 0 radical (unpaired) electrons. The minimum Gasteiger partial charge on any atom is -0.311 e. The predicted octanol–water partition coefficient (Wildman–Crippen LogP) is 3.48. The zero-order valence-corrected chi connectivity index (χ0v) is 11.9. The summed E-state index contributed by atoms with van der Waals surface area (Å²) in [5.41, 5.74) is 0.386. The van der Waals surface area contributed by atoms with Crippen molar-refractivity contribution in [2.75, 3.05) is 16.8 Å². The number of carbonyl (C=O) groups is 1. The van der Waals surface area contributed by atoms with Crippen molar-refractivity contribution in [2.45, 2.75) is 6.42 Å². The molecule has 1 aromatic rings. The Morgan fingerprint density at radius 1 is 1.41 bits per heavy atom. The number of nitrogens with zero attached hydrogens (tertiary/aromatic N) is 1. The lowest BCUT2D eigenvalue weighted by molar-refractivity contribution is -0.117. The van der Waals surface area contributed by atoms with Crippen molar-refractivity contribution >= 4 is 43.5 Å². The van der Waals surface area contributed by atoms with Crippen LogP contribution < -0.4 is 4.90 Å². The summed E-state index contributed by atoms with van der Waals surface area (Å²) in [5, 5.41) is 0.719. The molecule has 6 heteroatoms. The van der Waals surface area contributed by atoms with Crippen LogP contribution in [-0.2, 0) is 4.79 Å². The summed E-state index contributed by atoms with van der Waals surface area (Å²) in [5.74, 6) is -1.74. The Balaban J connectivity index is 2.35. The molecular weight excluding hydrogens is 360 g/mol. The van der Waals surface area contributed by atoms with Gasteiger partial charge in [-0.2, -0.15) is 0 Å². The van der Waals surface area contributed by atoms with Crippen molar-refractivity contribution < 1.29 is 13.6 Å². The molecule has 1 atom stereocenters. The molecule has 0 spiro atoms. The maximum Gasteiger partial charge on any atom is 0.227 e. The molecule has 2 nitrogen and oxygen atoms in total. The fourth-order valence-electron chi connectivity index (χ4n) is 1.84. The SMILES string of the molecule is O=C1CC(CBr)CN1c1ccc(F)c(F)c1Br. The van der Waals surface area contributed by atoms with Crippen molar-refractivity contribution in [3.8, 4) is 0 Å². The first kappa shape index (κ1) is 13.0. The Morgan fingerprint density at radius 3 is 2.71 bits per heavy atom. The van der Waals surface area contributed by atoms with Crippen molar-refractivity contribution in [2.24, 2.45) is 5.92 Å². The van der Waals surface area contributed by atoms with Gasteiger partial charge in [0, 0.05) is 18.3 Å². The van der Waals surface area contributed by atoms with E-state index in [0.29, 0.717) is 18.7 Å². The van der Waals surface area contributed by atoms with E-state index in [2.05, 4.69) is 31.9 Å². The number of carbonyl (C=O) groups excluding carboxylic acids is 1. The number of anilines is 1. The zero-order chi connectivity index (χ0) is 12.6. The minimum atomic E-state index is -0.961. The predicted molar refractivity (Wildman–Crippen MR) is 68.3 cm³/mol. The van der Waals surface area contributed by atoms with E-state index in [1.54, 1.807) is 0 Å². The zero-order valence-electron chi connectivity index (χ0n) is 8.72. The monoisotopic (exact) mass is 367 g/mol. The van der Waals surface area contributed by atoms with E-state index in [-0.39, 0.29) is 16.3 Å². The molecule has 1 unspecified atom stereocenters. The molecule has 17 heavy (non-hydrogen) atoms. The third-order valence-electron chi connectivity index (χ3n) is 2.73. The van der Waals surface area contributed by atoms with E-state index < -0.39 is 11.6 Å². The highest BCUT2D eigenvalue weighted by Gasteiger charge is 2.31. The van der Waals surface area contributed by atoms with Gasteiger partial charge in [-0.3, -0.25) is 4.79 Å². The van der Waals surface area contributed by atoms with E-state index in [0.717, 1.165) is 11.4 Å². The van der Waals surface area contributed by atoms with Gasteiger partial charge >= 0.3 is 0 Å². The van der Waals surface area contributed by atoms with E-state index in [1.165, 1.54) is 11.0 Å². The smallest absolute Gasteiger partial charge is 0.227 e. The van der Waals surface area contributed by atoms with Gasteiger partial charge < -0.3 is 4.90 Å². The number of benzene rings is 1. The van der Waals surface area contributed by atoms with Crippen LogP contribution in [0.5, 0.6) is 0 Å². The number of hydrogen-bond acceptors (Lipinski definition) is 1. The highest BCUT2D eigenvalue weighted by Crippen LogP contribution is 2.34. The molecule has 2 rings (SSSR count). The van der Waals surface area contributed by atoms with Crippen LogP contribution in [0.4, 0.5) is 14.5 Å². The first-order valence-corrected chi connectivity index (χ1v) is 6.96.